The number of benzene rings is 2. The zero-order valence-electron chi connectivity index (χ0n) is 14.7. The van der Waals surface area contributed by atoms with E-state index in [0.29, 0.717) is 6.61 Å². The maximum absolute atomic E-state index is 9.94. The molecule has 3 heteroatoms. The Hall–Kier alpha value is -1.84. The van der Waals surface area contributed by atoms with E-state index in [1.165, 1.54) is 24.0 Å². The molecule has 2 rings (SSSR count). The molecule has 2 aromatic carbocycles. The molecule has 0 radical (unpaired) electrons. The lowest BCUT2D eigenvalue weighted by molar-refractivity contribution is -0.118. The minimum absolute atomic E-state index is 0.146. The highest BCUT2D eigenvalue weighted by Crippen LogP contribution is 2.23. The number of aliphatic hydroxyl groups excluding tert-OH is 1. The minimum Gasteiger partial charge on any atom is -0.488 e. The largest absolute Gasteiger partial charge is 0.488 e. The molecular formula is C21H28O3. The zero-order chi connectivity index (χ0) is 17.2. The number of unbranched alkanes of at least 4 members (excludes halogenated alkanes) is 1. The molecule has 0 saturated heterocycles. The first kappa shape index (κ1) is 18.5. The Morgan fingerprint density at radius 2 is 1.79 bits per heavy atom. The molecule has 0 saturated carbocycles. The van der Waals surface area contributed by atoms with E-state index in [9.17, 15) is 5.11 Å². The van der Waals surface area contributed by atoms with Crippen molar-refractivity contribution in [3.8, 4) is 5.75 Å². The molecule has 2 aromatic rings. The Morgan fingerprint density at radius 3 is 2.54 bits per heavy atom. The Morgan fingerprint density at radius 1 is 1.00 bits per heavy atom. The third kappa shape index (κ3) is 5.99. The lowest BCUT2D eigenvalue weighted by atomic mass is 10.0. The number of hydrogen-bond acceptors (Lipinski definition) is 3. The predicted octanol–water partition coefficient (Wildman–Crippen LogP) is 4.29. The van der Waals surface area contributed by atoms with Crippen molar-refractivity contribution in [3.05, 3.63) is 65.2 Å². The van der Waals surface area contributed by atoms with E-state index in [1.54, 1.807) is 0 Å². The first-order chi connectivity index (χ1) is 11.7. The average molecular weight is 328 g/mol. The van der Waals surface area contributed by atoms with Gasteiger partial charge >= 0.3 is 0 Å². The van der Waals surface area contributed by atoms with Crippen molar-refractivity contribution in [2.45, 2.75) is 45.8 Å². The third-order valence-corrected chi connectivity index (χ3v) is 4.12. The molecule has 0 aliphatic heterocycles. The van der Waals surface area contributed by atoms with Gasteiger partial charge in [-0.2, -0.15) is 0 Å². The molecule has 0 bridgehead atoms. The van der Waals surface area contributed by atoms with Crippen LogP contribution >= 0.6 is 0 Å². The molecule has 130 valence electrons. The van der Waals surface area contributed by atoms with Crippen LogP contribution in [0.25, 0.3) is 0 Å². The van der Waals surface area contributed by atoms with Crippen molar-refractivity contribution < 1.29 is 14.6 Å². The van der Waals surface area contributed by atoms with Crippen molar-refractivity contribution in [3.63, 3.8) is 0 Å². The fraction of sp³-hybridized carbons (Fsp3) is 0.429. The Bertz CT molecular complexity index is 595. The average Bonchev–Trinajstić information content (AvgIpc) is 2.61. The molecule has 1 N–H and O–H groups in total. The summed E-state index contributed by atoms with van der Waals surface area (Å²) in [4.78, 5) is 0. The summed E-state index contributed by atoms with van der Waals surface area (Å²) in [7, 11) is 0. The van der Waals surface area contributed by atoms with Gasteiger partial charge < -0.3 is 14.6 Å². The monoisotopic (exact) mass is 328 g/mol. The predicted molar refractivity (Wildman–Crippen MR) is 97.4 cm³/mol. The molecule has 0 aliphatic carbocycles. The van der Waals surface area contributed by atoms with Crippen molar-refractivity contribution in [2.24, 2.45) is 0 Å². The molecule has 0 spiro atoms. The summed E-state index contributed by atoms with van der Waals surface area (Å²) >= 11 is 0. The minimum atomic E-state index is -0.910. The molecule has 0 amide bonds. The number of aliphatic hydroxyl groups is 1. The van der Waals surface area contributed by atoms with Crippen molar-refractivity contribution in [2.75, 3.05) is 13.2 Å². The van der Waals surface area contributed by atoms with Gasteiger partial charge in [0.05, 0.1) is 6.61 Å². The van der Waals surface area contributed by atoms with Crippen molar-refractivity contribution in [1.82, 2.24) is 0 Å². The molecule has 0 unspecified atom stereocenters. The SMILES string of the molecule is CCCCc1cccc(OC[C@H](O)OCCc2ccccc2)c1C. The molecular weight excluding hydrogens is 300 g/mol. The fourth-order valence-electron chi connectivity index (χ4n) is 2.62. The van der Waals surface area contributed by atoms with Crippen LogP contribution in [0.3, 0.4) is 0 Å². The Kier molecular flexibility index (Phi) is 7.80. The van der Waals surface area contributed by atoms with E-state index in [1.807, 2.05) is 30.3 Å². The first-order valence-electron chi connectivity index (χ1n) is 8.75. The van der Waals surface area contributed by atoms with Crippen LogP contribution in [0.2, 0.25) is 0 Å². The fourth-order valence-corrected chi connectivity index (χ4v) is 2.62. The maximum atomic E-state index is 9.94. The zero-order valence-corrected chi connectivity index (χ0v) is 14.7. The van der Waals surface area contributed by atoms with E-state index in [-0.39, 0.29) is 6.61 Å². The van der Waals surface area contributed by atoms with Gasteiger partial charge in [0, 0.05) is 0 Å². The third-order valence-electron chi connectivity index (χ3n) is 4.12. The second-order valence-electron chi connectivity index (χ2n) is 6.02. The van der Waals surface area contributed by atoms with Crippen LogP contribution in [-0.4, -0.2) is 24.6 Å². The lowest BCUT2D eigenvalue weighted by Crippen LogP contribution is -2.22. The second kappa shape index (κ2) is 10.1. The van der Waals surface area contributed by atoms with Crippen molar-refractivity contribution >= 4 is 0 Å². The number of rotatable bonds is 10. The highest BCUT2D eigenvalue weighted by molar-refractivity contribution is 5.39. The van der Waals surface area contributed by atoms with Gasteiger partial charge in [-0.25, -0.2) is 0 Å². The quantitative estimate of drug-likeness (QED) is 0.661. The second-order valence-corrected chi connectivity index (χ2v) is 6.02. The van der Waals surface area contributed by atoms with Crippen LogP contribution < -0.4 is 4.74 Å². The van der Waals surface area contributed by atoms with Crippen LogP contribution in [0.4, 0.5) is 0 Å². The van der Waals surface area contributed by atoms with Crippen molar-refractivity contribution in [1.29, 1.82) is 0 Å². The van der Waals surface area contributed by atoms with Gasteiger partial charge in [0.15, 0.2) is 6.29 Å². The number of ether oxygens (including phenoxy) is 2. The molecule has 1 atom stereocenters. The molecule has 24 heavy (non-hydrogen) atoms. The van der Waals surface area contributed by atoms with Gasteiger partial charge in [-0.15, -0.1) is 0 Å². The van der Waals surface area contributed by atoms with E-state index < -0.39 is 6.29 Å². The van der Waals surface area contributed by atoms with Gasteiger partial charge in [-0.05, 0) is 48.9 Å². The van der Waals surface area contributed by atoms with E-state index in [0.717, 1.165) is 24.2 Å². The summed E-state index contributed by atoms with van der Waals surface area (Å²) in [5, 5.41) is 9.94. The summed E-state index contributed by atoms with van der Waals surface area (Å²) in [6.45, 7) is 4.89. The van der Waals surface area contributed by atoms with E-state index >= 15 is 0 Å². The maximum Gasteiger partial charge on any atom is 0.189 e. The van der Waals surface area contributed by atoms with Gasteiger partial charge in [0.2, 0.25) is 0 Å². The number of aryl methyl sites for hydroxylation is 1. The van der Waals surface area contributed by atoms with Crippen LogP contribution in [0.1, 0.15) is 36.5 Å². The number of hydrogen-bond donors (Lipinski definition) is 1. The van der Waals surface area contributed by atoms with Crippen LogP contribution in [0.5, 0.6) is 5.75 Å². The molecule has 3 nitrogen and oxygen atoms in total. The van der Waals surface area contributed by atoms with Gasteiger partial charge in [-0.1, -0.05) is 55.8 Å². The van der Waals surface area contributed by atoms with Gasteiger partial charge in [-0.3, -0.25) is 0 Å². The molecule has 0 fully saturated rings. The lowest BCUT2D eigenvalue weighted by Gasteiger charge is -2.16. The highest BCUT2D eigenvalue weighted by atomic mass is 16.6. The van der Waals surface area contributed by atoms with E-state index in [4.69, 9.17) is 9.47 Å². The van der Waals surface area contributed by atoms with Crippen LogP contribution in [0, 0.1) is 6.92 Å². The highest BCUT2D eigenvalue weighted by Gasteiger charge is 2.09. The summed E-state index contributed by atoms with van der Waals surface area (Å²) in [6, 6.07) is 16.2. The van der Waals surface area contributed by atoms with E-state index in [2.05, 4.69) is 32.0 Å². The Balaban J connectivity index is 1.76. The molecule has 0 aromatic heterocycles. The smallest absolute Gasteiger partial charge is 0.189 e. The standard InChI is InChI=1S/C21H28O3/c1-3-4-11-19-12-8-13-20(17(19)2)24-16-21(22)23-15-14-18-9-6-5-7-10-18/h5-10,12-13,21-22H,3-4,11,14-16H2,1-2H3/t21-/m1/s1. The van der Waals surface area contributed by atoms with Gasteiger partial charge in [0.25, 0.3) is 0 Å². The van der Waals surface area contributed by atoms with Gasteiger partial charge in [0.1, 0.15) is 12.4 Å². The summed E-state index contributed by atoms with van der Waals surface area (Å²) in [6.07, 6.45) is 3.29. The van der Waals surface area contributed by atoms with Crippen LogP contribution in [0.15, 0.2) is 48.5 Å². The summed E-state index contributed by atoms with van der Waals surface area (Å²) in [5.41, 5.74) is 3.67. The Labute approximate surface area is 145 Å². The summed E-state index contributed by atoms with van der Waals surface area (Å²) < 4.78 is 11.2. The topological polar surface area (TPSA) is 38.7 Å². The normalized spacial score (nSPS) is 12.1. The van der Waals surface area contributed by atoms with Crippen LogP contribution in [-0.2, 0) is 17.6 Å². The summed E-state index contributed by atoms with van der Waals surface area (Å²) in [5.74, 6) is 0.828. The molecule has 0 heterocycles. The first-order valence-corrected chi connectivity index (χ1v) is 8.75. The molecule has 0 aliphatic rings.